The van der Waals surface area contributed by atoms with Crippen LogP contribution in [0.5, 0.6) is 0 Å². The molecular formula is C27H36N8O3S. The number of benzene rings is 1. The summed E-state index contributed by atoms with van der Waals surface area (Å²) in [6.45, 7) is 2.21. The summed E-state index contributed by atoms with van der Waals surface area (Å²) < 4.78 is 2.24. The highest BCUT2D eigenvalue weighted by Gasteiger charge is 2.25. The molecule has 0 bridgehead atoms. The van der Waals surface area contributed by atoms with Crippen molar-refractivity contribution < 1.29 is 9.59 Å². The quantitative estimate of drug-likeness (QED) is 0.107. The monoisotopic (exact) mass is 552 g/mol. The number of hydrogen-bond acceptors (Lipinski definition) is 8. The standard InChI is InChI=1S/C27H36N8O3S/c28-27(29)32-12-4-8-20(24(37)25-34-19-6-1-2-9-22(19)39-25)33-23(36)17-35-16-15-31-21(26(35)38)7-3-5-18-10-13-30-14-11-18/h1-2,6,9,15-16,18,20,30H,3-5,7-8,10-14,17H2,(H,33,36)(H4,28,29,32)/t20-/m0/s1. The lowest BCUT2D eigenvalue weighted by Gasteiger charge is -2.22. The second kappa shape index (κ2) is 13.9. The molecule has 3 heterocycles. The van der Waals surface area contributed by atoms with E-state index < -0.39 is 11.9 Å². The van der Waals surface area contributed by atoms with E-state index in [1.165, 1.54) is 22.1 Å². The van der Waals surface area contributed by atoms with Crippen molar-refractivity contribution in [3.05, 3.63) is 57.7 Å². The van der Waals surface area contributed by atoms with E-state index in [4.69, 9.17) is 11.5 Å². The number of aryl methyl sites for hydroxylation is 1. The number of amides is 1. The zero-order chi connectivity index (χ0) is 27.6. The van der Waals surface area contributed by atoms with Gasteiger partial charge in [-0.2, -0.15) is 0 Å². The van der Waals surface area contributed by atoms with Crippen molar-refractivity contribution in [2.45, 2.75) is 57.5 Å². The van der Waals surface area contributed by atoms with Gasteiger partial charge in [0.1, 0.15) is 12.2 Å². The summed E-state index contributed by atoms with van der Waals surface area (Å²) in [4.78, 5) is 52.1. The first-order chi connectivity index (χ1) is 18.9. The number of fused-ring (bicyclic) bond motifs is 1. The van der Waals surface area contributed by atoms with E-state index in [1.807, 2.05) is 24.3 Å². The van der Waals surface area contributed by atoms with Crippen LogP contribution in [0.15, 0.2) is 46.4 Å². The van der Waals surface area contributed by atoms with Crippen LogP contribution < -0.4 is 27.7 Å². The van der Waals surface area contributed by atoms with E-state index in [1.54, 1.807) is 6.20 Å². The minimum Gasteiger partial charge on any atom is -0.370 e. The van der Waals surface area contributed by atoms with E-state index >= 15 is 0 Å². The normalized spacial score (nSPS) is 14.7. The Morgan fingerprint density at radius 3 is 2.77 bits per heavy atom. The van der Waals surface area contributed by atoms with Crippen LogP contribution in [0.3, 0.4) is 0 Å². The van der Waals surface area contributed by atoms with Crippen molar-refractivity contribution in [2.75, 3.05) is 19.6 Å². The molecule has 1 aromatic carbocycles. The van der Waals surface area contributed by atoms with Crippen LogP contribution in [0.4, 0.5) is 0 Å². The van der Waals surface area contributed by atoms with Gasteiger partial charge in [-0.15, -0.1) is 11.3 Å². The number of guanidine groups is 1. The number of carbonyl (C=O) groups is 2. The maximum atomic E-state index is 13.4. The SMILES string of the molecule is NC(N)=NCCC[C@H](NC(=O)Cn1ccnc(CCCC2CCNCC2)c1=O)C(=O)c1nc2ccccc2s1. The van der Waals surface area contributed by atoms with E-state index in [9.17, 15) is 14.4 Å². The molecule has 3 aromatic rings. The van der Waals surface area contributed by atoms with Crippen molar-refractivity contribution in [1.29, 1.82) is 0 Å². The first-order valence-corrected chi connectivity index (χ1v) is 14.2. The minimum absolute atomic E-state index is 0.0308. The van der Waals surface area contributed by atoms with Gasteiger partial charge in [0.15, 0.2) is 11.0 Å². The van der Waals surface area contributed by atoms with Gasteiger partial charge in [0, 0.05) is 18.9 Å². The lowest BCUT2D eigenvalue weighted by molar-refractivity contribution is -0.122. The Hall–Kier alpha value is -3.64. The molecule has 1 aliphatic rings. The Kier molecular flexibility index (Phi) is 10.1. The molecule has 6 N–H and O–H groups in total. The molecule has 0 aliphatic carbocycles. The predicted octanol–water partition coefficient (Wildman–Crippen LogP) is 1.60. The van der Waals surface area contributed by atoms with E-state index in [0.29, 0.717) is 42.4 Å². The van der Waals surface area contributed by atoms with Gasteiger partial charge >= 0.3 is 0 Å². The van der Waals surface area contributed by atoms with Crippen molar-refractivity contribution >= 4 is 39.2 Å². The number of Topliss-reactive ketones (excluding diaryl/α,β-unsaturated/α-hetero) is 1. The topological polar surface area (TPSA) is 170 Å². The number of rotatable bonds is 13. The van der Waals surface area contributed by atoms with Crippen LogP contribution in [0.2, 0.25) is 0 Å². The number of nitrogens with two attached hydrogens (primary N) is 2. The van der Waals surface area contributed by atoms with Gasteiger partial charge in [0.2, 0.25) is 11.7 Å². The minimum atomic E-state index is -0.825. The highest BCUT2D eigenvalue weighted by molar-refractivity contribution is 7.20. The van der Waals surface area contributed by atoms with Crippen molar-refractivity contribution in [3.8, 4) is 0 Å². The molecule has 0 unspecified atom stereocenters. The van der Waals surface area contributed by atoms with E-state index in [2.05, 4.69) is 25.6 Å². The maximum absolute atomic E-state index is 13.4. The Labute approximate surface area is 231 Å². The van der Waals surface area contributed by atoms with Crippen LogP contribution >= 0.6 is 11.3 Å². The van der Waals surface area contributed by atoms with Crippen molar-refractivity contribution in [2.24, 2.45) is 22.4 Å². The van der Waals surface area contributed by atoms with Gasteiger partial charge in [0.25, 0.3) is 5.56 Å². The molecule has 0 saturated carbocycles. The first-order valence-electron chi connectivity index (χ1n) is 13.4. The molecule has 0 radical (unpaired) electrons. The summed E-state index contributed by atoms with van der Waals surface area (Å²) in [6.07, 6.45) is 8.71. The Balaban J connectivity index is 1.40. The van der Waals surface area contributed by atoms with Crippen LogP contribution in [-0.4, -0.2) is 57.9 Å². The molecule has 2 aromatic heterocycles. The lowest BCUT2D eigenvalue weighted by Crippen LogP contribution is -2.43. The number of nitrogens with one attached hydrogen (secondary N) is 2. The lowest BCUT2D eigenvalue weighted by atomic mass is 9.92. The third kappa shape index (κ3) is 8.17. The first kappa shape index (κ1) is 28.4. The Morgan fingerprint density at radius 1 is 1.21 bits per heavy atom. The summed E-state index contributed by atoms with van der Waals surface area (Å²) in [5.74, 6) is -0.0725. The molecule has 0 spiro atoms. The van der Waals surface area contributed by atoms with Crippen molar-refractivity contribution in [1.82, 2.24) is 25.2 Å². The summed E-state index contributed by atoms with van der Waals surface area (Å²) in [5.41, 5.74) is 11.7. The molecule has 1 atom stereocenters. The number of carbonyl (C=O) groups excluding carboxylic acids is 2. The summed E-state index contributed by atoms with van der Waals surface area (Å²) in [5, 5.41) is 6.50. The van der Waals surface area contributed by atoms with Gasteiger partial charge in [-0.3, -0.25) is 24.4 Å². The molecule has 12 heteroatoms. The van der Waals surface area contributed by atoms with Gasteiger partial charge in [-0.1, -0.05) is 12.1 Å². The molecular weight excluding hydrogens is 516 g/mol. The van der Waals surface area contributed by atoms with Crippen molar-refractivity contribution in [3.63, 3.8) is 0 Å². The molecule has 1 fully saturated rings. The van der Waals surface area contributed by atoms with Crippen LogP contribution in [0, 0.1) is 5.92 Å². The number of thiazole rings is 1. The van der Waals surface area contributed by atoms with Gasteiger partial charge in [0.05, 0.1) is 16.3 Å². The largest absolute Gasteiger partial charge is 0.370 e. The molecule has 1 aliphatic heterocycles. The third-order valence-electron chi connectivity index (χ3n) is 6.89. The average molecular weight is 553 g/mol. The number of aliphatic imine (C=N–C) groups is 1. The fraction of sp³-hybridized carbons (Fsp3) is 0.481. The molecule has 39 heavy (non-hydrogen) atoms. The number of ketones is 1. The maximum Gasteiger partial charge on any atom is 0.272 e. The number of aromatic nitrogens is 3. The van der Waals surface area contributed by atoms with Gasteiger partial charge in [-0.05, 0) is 76.1 Å². The summed E-state index contributed by atoms with van der Waals surface area (Å²) in [6, 6.07) is 6.66. The molecule has 1 saturated heterocycles. The number of para-hydroxylation sites is 1. The van der Waals surface area contributed by atoms with Crippen LogP contribution in [-0.2, 0) is 17.8 Å². The second-order valence-corrected chi connectivity index (χ2v) is 10.8. The number of nitrogens with zero attached hydrogens (tertiary/aromatic N) is 4. The van der Waals surface area contributed by atoms with E-state index in [-0.39, 0.29) is 23.8 Å². The number of hydrogen-bond donors (Lipinski definition) is 4. The predicted molar refractivity (Wildman–Crippen MR) is 153 cm³/mol. The van der Waals surface area contributed by atoms with E-state index in [0.717, 1.165) is 49.0 Å². The third-order valence-corrected chi connectivity index (χ3v) is 7.94. The molecule has 4 rings (SSSR count). The zero-order valence-electron chi connectivity index (χ0n) is 22.0. The summed E-state index contributed by atoms with van der Waals surface area (Å²) in [7, 11) is 0. The smallest absolute Gasteiger partial charge is 0.272 e. The summed E-state index contributed by atoms with van der Waals surface area (Å²) >= 11 is 1.28. The number of piperidine rings is 1. The average Bonchev–Trinajstić information content (AvgIpc) is 3.37. The van der Waals surface area contributed by atoms with Crippen LogP contribution in [0.1, 0.15) is 54.0 Å². The van der Waals surface area contributed by atoms with Crippen LogP contribution in [0.25, 0.3) is 10.2 Å². The fourth-order valence-corrected chi connectivity index (χ4v) is 5.77. The van der Waals surface area contributed by atoms with Gasteiger partial charge in [-0.25, -0.2) is 4.98 Å². The zero-order valence-corrected chi connectivity index (χ0v) is 22.8. The fourth-order valence-electron chi connectivity index (χ4n) is 4.81. The molecule has 1 amide bonds. The van der Waals surface area contributed by atoms with Gasteiger partial charge < -0.3 is 26.7 Å². The Morgan fingerprint density at radius 2 is 2.00 bits per heavy atom. The second-order valence-electron chi connectivity index (χ2n) is 9.81. The highest BCUT2D eigenvalue weighted by atomic mass is 32.1. The molecule has 208 valence electrons. The Bertz CT molecular complexity index is 1330. The molecule has 11 nitrogen and oxygen atoms in total. The highest BCUT2D eigenvalue weighted by Crippen LogP contribution is 2.23.